The number of aromatic nitrogens is 2. The molecule has 1 aliphatic carbocycles. The lowest BCUT2D eigenvalue weighted by Gasteiger charge is -2.05. The van der Waals surface area contributed by atoms with Crippen molar-refractivity contribution >= 4 is 10.8 Å². The summed E-state index contributed by atoms with van der Waals surface area (Å²) < 4.78 is 5.38. The van der Waals surface area contributed by atoms with E-state index in [4.69, 9.17) is 10.3 Å². The Bertz CT molecular complexity index is 771. The summed E-state index contributed by atoms with van der Waals surface area (Å²) in [6.07, 6.45) is 3.12. The minimum atomic E-state index is 0.144. The molecule has 4 nitrogen and oxygen atoms in total. The van der Waals surface area contributed by atoms with E-state index in [2.05, 4.69) is 28.3 Å². The van der Waals surface area contributed by atoms with Gasteiger partial charge in [0.25, 0.3) is 0 Å². The lowest BCUT2D eigenvalue weighted by Crippen LogP contribution is -2.25. The van der Waals surface area contributed by atoms with E-state index >= 15 is 0 Å². The molecule has 1 aliphatic rings. The van der Waals surface area contributed by atoms with E-state index in [1.807, 2.05) is 24.3 Å². The van der Waals surface area contributed by atoms with Crippen LogP contribution in [0.2, 0.25) is 0 Å². The first-order valence-electron chi connectivity index (χ1n) is 7.37. The first-order valence-corrected chi connectivity index (χ1v) is 7.37. The molecule has 2 N–H and O–H groups in total. The summed E-state index contributed by atoms with van der Waals surface area (Å²) in [7, 11) is 0. The van der Waals surface area contributed by atoms with Gasteiger partial charge in [0.1, 0.15) is 0 Å². The van der Waals surface area contributed by atoms with E-state index in [1.165, 1.54) is 18.2 Å². The topological polar surface area (TPSA) is 64.9 Å². The van der Waals surface area contributed by atoms with Gasteiger partial charge in [-0.05, 0) is 29.5 Å². The number of hydrogen-bond donors (Lipinski definition) is 1. The maximum Gasteiger partial charge on any atom is 0.228 e. The van der Waals surface area contributed by atoms with Crippen LogP contribution in [-0.2, 0) is 6.42 Å². The van der Waals surface area contributed by atoms with E-state index < -0.39 is 0 Å². The SMILES string of the molecule is NC(Cc1nc(-c2cccc3ccccc23)no1)C1CC1. The van der Waals surface area contributed by atoms with Gasteiger partial charge in [-0.2, -0.15) is 4.98 Å². The lowest BCUT2D eigenvalue weighted by molar-refractivity contribution is 0.364. The fourth-order valence-corrected chi connectivity index (χ4v) is 2.76. The molecule has 0 saturated heterocycles. The first-order chi connectivity index (χ1) is 10.3. The molecule has 0 bridgehead atoms. The van der Waals surface area contributed by atoms with Crippen molar-refractivity contribution < 1.29 is 4.52 Å². The van der Waals surface area contributed by atoms with Crippen LogP contribution in [0.1, 0.15) is 18.7 Å². The molecule has 1 unspecified atom stereocenters. The third-order valence-corrected chi connectivity index (χ3v) is 4.14. The molecule has 1 fully saturated rings. The largest absolute Gasteiger partial charge is 0.339 e. The van der Waals surface area contributed by atoms with Crippen LogP contribution in [0.4, 0.5) is 0 Å². The Balaban J connectivity index is 1.67. The van der Waals surface area contributed by atoms with E-state index in [0.29, 0.717) is 24.1 Å². The Hall–Kier alpha value is -2.20. The van der Waals surface area contributed by atoms with Crippen molar-refractivity contribution in [3.8, 4) is 11.4 Å². The zero-order valence-corrected chi connectivity index (χ0v) is 11.7. The van der Waals surface area contributed by atoms with Gasteiger partial charge in [-0.25, -0.2) is 0 Å². The quantitative estimate of drug-likeness (QED) is 0.796. The van der Waals surface area contributed by atoms with Crippen LogP contribution in [0.15, 0.2) is 47.0 Å². The fourth-order valence-electron chi connectivity index (χ4n) is 2.76. The van der Waals surface area contributed by atoms with Crippen molar-refractivity contribution in [1.82, 2.24) is 10.1 Å². The Morgan fingerprint density at radius 2 is 1.95 bits per heavy atom. The second kappa shape index (κ2) is 4.97. The van der Waals surface area contributed by atoms with Crippen LogP contribution in [0.25, 0.3) is 22.2 Å². The average molecular weight is 279 g/mol. The van der Waals surface area contributed by atoms with Crippen LogP contribution in [-0.4, -0.2) is 16.2 Å². The summed E-state index contributed by atoms with van der Waals surface area (Å²) in [5, 5.41) is 6.44. The zero-order chi connectivity index (χ0) is 14.2. The molecule has 1 heterocycles. The van der Waals surface area contributed by atoms with Gasteiger partial charge in [0.2, 0.25) is 11.7 Å². The predicted octanol–water partition coefficient (Wildman–Crippen LogP) is 3.17. The monoisotopic (exact) mass is 279 g/mol. The number of rotatable bonds is 4. The number of fused-ring (bicyclic) bond motifs is 1. The first kappa shape index (κ1) is 12.5. The van der Waals surface area contributed by atoms with Gasteiger partial charge in [-0.15, -0.1) is 0 Å². The van der Waals surface area contributed by atoms with Gasteiger partial charge in [-0.1, -0.05) is 47.6 Å². The Labute approximate surface area is 123 Å². The van der Waals surface area contributed by atoms with Gasteiger partial charge in [0.15, 0.2) is 0 Å². The van der Waals surface area contributed by atoms with Crippen LogP contribution in [0, 0.1) is 5.92 Å². The average Bonchev–Trinajstić information content (AvgIpc) is 3.27. The molecule has 3 aromatic rings. The summed E-state index contributed by atoms with van der Waals surface area (Å²) in [4.78, 5) is 4.52. The smallest absolute Gasteiger partial charge is 0.228 e. The standard InChI is InChI=1S/C17H17N3O/c18-15(12-8-9-12)10-16-19-17(20-21-16)14-7-3-5-11-4-1-2-6-13(11)14/h1-7,12,15H,8-10,18H2. The highest BCUT2D eigenvalue weighted by Crippen LogP contribution is 2.33. The van der Waals surface area contributed by atoms with E-state index in [0.717, 1.165) is 10.9 Å². The summed E-state index contributed by atoms with van der Waals surface area (Å²) in [5.41, 5.74) is 7.12. The highest BCUT2D eigenvalue weighted by Gasteiger charge is 2.29. The fraction of sp³-hybridized carbons (Fsp3) is 0.294. The Morgan fingerprint density at radius 1 is 1.14 bits per heavy atom. The summed E-state index contributed by atoms with van der Waals surface area (Å²) in [6.45, 7) is 0. The highest BCUT2D eigenvalue weighted by atomic mass is 16.5. The van der Waals surface area contributed by atoms with Crippen molar-refractivity contribution in [3.63, 3.8) is 0 Å². The van der Waals surface area contributed by atoms with Crippen LogP contribution >= 0.6 is 0 Å². The second-order valence-electron chi connectivity index (χ2n) is 5.74. The van der Waals surface area contributed by atoms with Crippen molar-refractivity contribution in [3.05, 3.63) is 48.4 Å². The Kier molecular flexibility index (Phi) is 2.97. The van der Waals surface area contributed by atoms with Gasteiger partial charge in [-0.3, -0.25) is 0 Å². The van der Waals surface area contributed by atoms with E-state index in [1.54, 1.807) is 0 Å². The maximum atomic E-state index is 6.12. The van der Waals surface area contributed by atoms with Crippen molar-refractivity contribution in [2.45, 2.75) is 25.3 Å². The van der Waals surface area contributed by atoms with Gasteiger partial charge in [0, 0.05) is 18.0 Å². The number of nitrogens with zero attached hydrogens (tertiary/aromatic N) is 2. The maximum absolute atomic E-state index is 6.12. The summed E-state index contributed by atoms with van der Waals surface area (Å²) in [5.74, 6) is 1.92. The molecule has 1 saturated carbocycles. The Morgan fingerprint density at radius 3 is 2.81 bits per heavy atom. The lowest BCUT2D eigenvalue weighted by atomic mass is 10.0. The summed E-state index contributed by atoms with van der Waals surface area (Å²) in [6, 6.07) is 14.5. The molecule has 1 aromatic heterocycles. The minimum Gasteiger partial charge on any atom is -0.339 e. The van der Waals surface area contributed by atoms with Crippen LogP contribution in [0.5, 0.6) is 0 Å². The molecule has 4 rings (SSSR count). The molecular formula is C17H17N3O. The van der Waals surface area contributed by atoms with Crippen LogP contribution < -0.4 is 5.73 Å². The molecule has 0 aliphatic heterocycles. The molecule has 0 radical (unpaired) electrons. The normalized spacial score (nSPS) is 16.2. The third-order valence-electron chi connectivity index (χ3n) is 4.14. The molecule has 1 atom stereocenters. The molecule has 106 valence electrons. The third kappa shape index (κ3) is 2.43. The molecule has 0 amide bonds. The van der Waals surface area contributed by atoms with E-state index in [9.17, 15) is 0 Å². The van der Waals surface area contributed by atoms with E-state index in [-0.39, 0.29) is 6.04 Å². The zero-order valence-electron chi connectivity index (χ0n) is 11.7. The molecule has 0 spiro atoms. The molecular weight excluding hydrogens is 262 g/mol. The van der Waals surface area contributed by atoms with Gasteiger partial charge >= 0.3 is 0 Å². The second-order valence-corrected chi connectivity index (χ2v) is 5.74. The van der Waals surface area contributed by atoms with Gasteiger partial charge in [0.05, 0.1) is 0 Å². The van der Waals surface area contributed by atoms with Crippen LogP contribution in [0.3, 0.4) is 0 Å². The van der Waals surface area contributed by atoms with Crippen molar-refractivity contribution in [1.29, 1.82) is 0 Å². The minimum absolute atomic E-state index is 0.144. The molecule has 2 aromatic carbocycles. The number of hydrogen-bond acceptors (Lipinski definition) is 4. The van der Waals surface area contributed by atoms with Crippen molar-refractivity contribution in [2.24, 2.45) is 11.7 Å². The number of nitrogens with two attached hydrogens (primary N) is 1. The molecule has 4 heteroatoms. The van der Waals surface area contributed by atoms with Gasteiger partial charge < -0.3 is 10.3 Å². The van der Waals surface area contributed by atoms with Crippen molar-refractivity contribution in [2.75, 3.05) is 0 Å². The number of benzene rings is 2. The summed E-state index contributed by atoms with van der Waals surface area (Å²) >= 11 is 0. The highest BCUT2D eigenvalue weighted by molar-refractivity contribution is 5.94. The predicted molar refractivity (Wildman–Crippen MR) is 81.6 cm³/mol. The molecule has 21 heavy (non-hydrogen) atoms.